The molecular weight excluding hydrogens is 265 g/mol. The molecule has 3 nitrogen and oxygen atoms in total. The molecule has 0 atom stereocenters. The van der Waals surface area contributed by atoms with Gasteiger partial charge in [-0.1, -0.05) is 20.8 Å². The van der Waals surface area contributed by atoms with Crippen molar-refractivity contribution in [2.45, 2.75) is 33.9 Å². The van der Waals surface area contributed by atoms with E-state index in [0.29, 0.717) is 0 Å². The molecule has 0 aliphatic rings. The predicted octanol–water partition coefficient (Wildman–Crippen LogP) is 3.23. The summed E-state index contributed by atoms with van der Waals surface area (Å²) in [6.07, 6.45) is 2.16. The molecule has 0 radical (unpaired) electrons. The lowest BCUT2D eigenvalue weighted by Crippen LogP contribution is -2.26. The highest BCUT2D eigenvalue weighted by atomic mass is 19.1. The molecule has 2 aromatic rings. The van der Waals surface area contributed by atoms with Crippen molar-refractivity contribution >= 4 is 10.9 Å². The van der Waals surface area contributed by atoms with Crippen molar-refractivity contribution in [1.29, 1.82) is 0 Å². The highest BCUT2D eigenvalue weighted by molar-refractivity contribution is 5.84. The molecule has 0 spiro atoms. The summed E-state index contributed by atoms with van der Waals surface area (Å²) >= 11 is 0. The predicted molar refractivity (Wildman–Crippen MR) is 87.1 cm³/mol. The van der Waals surface area contributed by atoms with Crippen LogP contribution in [0.15, 0.2) is 24.4 Å². The summed E-state index contributed by atoms with van der Waals surface area (Å²) in [4.78, 5) is 2.40. The number of nitrogens with zero attached hydrogens (tertiary/aromatic N) is 2. The first-order valence-corrected chi connectivity index (χ1v) is 7.89. The Labute approximate surface area is 126 Å². The first kappa shape index (κ1) is 16.0. The molecule has 4 heteroatoms. The summed E-state index contributed by atoms with van der Waals surface area (Å²) in [5, 5.41) is 4.35. The fourth-order valence-electron chi connectivity index (χ4n) is 2.72. The molecule has 1 heterocycles. The van der Waals surface area contributed by atoms with Crippen LogP contribution in [0.5, 0.6) is 0 Å². The Hall–Kier alpha value is -1.39. The largest absolute Gasteiger partial charge is 0.346 e. The third kappa shape index (κ3) is 3.83. The molecule has 1 aromatic heterocycles. The molecule has 2 rings (SSSR count). The molecule has 0 aliphatic heterocycles. The van der Waals surface area contributed by atoms with Crippen LogP contribution in [-0.4, -0.2) is 35.6 Å². The van der Waals surface area contributed by atoms with Crippen LogP contribution in [0.25, 0.3) is 10.9 Å². The summed E-state index contributed by atoms with van der Waals surface area (Å²) in [5.41, 5.74) is 2.29. The Morgan fingerprint density at radius 3 is 2.62 bits per heavy atom. The Morgan fingerprint density at radius 1 is 1.19 bits per heavy atom. The molecule has 1 N–H and O–H groups in total. The maximum Gasteiger partial charge on any atom is 0.123 e. The molecule has 0 bridgehead atoms. The van der Waals surface area contributed by atoms with Crippen LogP contribution in [0.4, 0.5) is 4.39 Å². The average molecular weight is 291 g/mol. The minimum atomic E-state index is -0.165. The highest BCUT2D eigenvalue weighted by Crippen LogP contribution is 2.22. The molecule has 0 aliphatic carbocycles. The van der Waals surface area contributed by atoms with E-state index in [4.69, 9.17) is 0 Å². The third-order valence-electron chi connectivity index (χ3n) is 4.04. The van der Waals surface area contributed by atoms with Gasteiger partial charge in [0.1, 0.15) is 5.82 Å². The van der Waals surface area contributed by atoms with E-state index >= 15 is 0 Å². The smallest absolute Gasteiger partial charge is 0.123 e. The van der Waals surface area contributed by atoms with E-state index in [0.717, 1.165) is 50.2 Å². The molecule has 0 saturated carbocycles. The summed E-state index contributed by atoms with van der Waals surface area (Å²) in [7, 11) is 0. The fraction of sp³-hybridized carbons (Fsp3) is 0.529. The zero-order valence-electron chi connectivity index (χ0n) is 13.3. The number of halogens is 1. The first-order valence-electron chi connectivity index (χ1n) is 7.89. The van der Waals surface area contributed by atoms with Gasteiger partial charge in [0.05, 0.1) is 0 Å². The topological polar surface area (TPSA) is 20.2 Å². The Balaban J connectivity index is 2.26. The van der Waals surface area contributed by atoms with Crippen molar-refractivity contribution in [2.75, 3.05) is 26.2 Å². The van der Waals surface area contributed by atoms with Gasteiger partial charge >= 0.3 is 0 Å². The Bertz CT molecular complexity index is 573. The molecule has 0 amide bonds. The van der Waals surface area contributed by atoms with Crippen molar-refractivity contribution in [3.63, 3.8) is 0 Å². The molecule has 0 unspecified atom stereocenters. The summed E-state index contributed by atoms with van der Waals surface area (Å²) in [6.45, 7) is 12.2. The van der Waals surface area contributed by atoms with Crippen molar-refractivity contribution in [3.05, 3.63) is 35.8 Å². The molecular formula is C17H26FN3. The van der Waals surface area contributed by atoms with Gasteiger partial charge in [0.25, 0.3) is 0 Å². The van der Waals surface area contributed by atoms with E-state index in [1.807, 2.05) is 6.07 Å². The van der Waals surface area contributed by atoms with Gasteiger partial charge in [0.2, 0.25) is 0 Å². The van der Waals surface area contributed by atoms with Crippen LogP contribution in [0.1, 0.15) is 26.3 Å². The average Bonchev–Trinajstić information content (AvgIpc) is 2.83. The number of hydrogen-bond donors (Lipinski definition) is 1. The number of aromatic nitrogens is 1. The Morgan fingerprint density at radius 2 is 1.95 bits per heavy atom. The standard InChI is InChI=1S/C17H26FN3/c1-4-19-12-14-13-21(10-9-20(5-2)6-3)17-8-7-15(18)11-16(14)17/h7-8,11,13,19H,4-6,9-10,12H2,1-3H3. The number of rotatable bonds is 8. The zero-order valence-corrected chi connectivity index (χ0v) is 13.3. The second-order valence-corrected chi connectivity index (χ2v) is 5.32. The molecule has 0 fully saturated rings. The van der Waals surface area contributed by atoms with Crippen LogP contribution < -0.4 is 5.32 Å². The van der Waals surface area contributed by atoms with Crippen molar-refractivity contribution < 1.29 is 4.39 Å². The summed E-state index contributed by atoms with van der Waals surface area (Å²) < 4.78 is 15.8. The number of fused-ring (bicyclic) bond motifs is 1. The fourth-order valence-corrected chi connectivity index (χ4v) is 2.72. The lowest BCUT2D eigenvalue weighted by molar-refractivity contribution is 0.292. The quantitative estimate of drug-likeness (QED) is 0.806. The SMILES string of the molecule is CCNCc1cn(CCN(CC)CC)c2ccc(F)cc12. The van der Waals surface area contributed by atoms with Gasteiger partial charge < -0.3 is 14.8 Å². The van der Waals surface area contributed by atoms with E-state index in [-0.39, 0.29) is 5.82 Å². The maximum absolute atomic E-state index is 13.5. The van der Waals surface area contributed by atoms with E-state index in [1.165, 1.54) is 5.56 Å². The number of nitrogens with one attached hydrogen (secondary N) is 1. The van der Waals surface area contributed by atoms with Crippen molar-refractivity contribution in [3.8, 4) is 0 Å². The van der Waals surface area contributed by atoms with E-state index < -0.39 is 0 Å². The number of hydrogen-bond acceptors (Lipinski definition) is 2. The minimum absolute atomic E-state index is 0.165. The van der Waals surface area contributed by atoms with E-state index in [1.54, 1.807) is 12.1 Å². The van der Waals surface area contributed by atoms with Crippen LogP contribution >= 0.6 is 0 Å². The van der Waals surface area contributed by atoms with Crippen molar-refractivity contribution in [1.82, 2.24) is 14.8 Å². The van der Waals surface area contributed by atoms with Crippen molar-refractivity contribution in [2.24, 2.45) is 0 Å². The van der Waals surface area contributed by atoms with Crippen LogP contribution in [-0.2, 0) is 13.1 Å². The molecule has 116 valence electrons. The zero-order chi connectivity index (χ0) is 15.2. The molecule has 0 saturated heterocycles. The second-order valence-electron chi connectivity index (χ2n) is 5.32. The van der Waals surface area contributed by atoms with Gasteiger partial charge in [-0.25, -0.2) is 4.39 Å². The van der Waals surface area contributed by atoms with Gasteiger partial charge in [-0.05, 0) is 43.4 Å². The van der Waals surface area contributed by atoms with E-state index in [2.05, 4.69) is 41.8 Å². The number of likely N-dealkylation sites (N-methyl/N-ethyl adjacent to an activating group) is 1. The van der Waals surface area contributed by atoms with Gasteiger partial charge in [-0.2, -0.15) is 0 Å². The summed E-state index contributed by atoms with van der Waals surface area (Å²) in [5.74, 6) is -0.165. The highest BCUT2D eigenvalue weighted by Gasteiger charge is 2.10. The van der Waals surface area contributed by atoms with Crippen LogP contribution in [0.2, 0.25) is 0 Å². The summed E-state index contributed by atoms with van der Waals surface area (Å²) in [6, 6.07) is 5.09. The lowest BCUT2D eigenvalue weighted by atomic mass is 10.1. The van der Waals surface area contributed by atoms with E-state index in [9.17, 15) is 4.39 Å². The Kier molecular flexibility index (Phi) is 5.76. The van der Waals surface area contributed by atoms with Gasteiger partial charge in [0, 0.05) is 36.7 Å². The maximum atomic E-state index is 13.5. The van der Waals surface area contributed by atoms with Crippen LogP contribution in [0.3, 0.4) is 0 Å². The van der Waals surface area contributed by atoms with Gasteiger partial charge in [-0.15, -0.1) is 0 Å². The van der Waals surface area contributed by atoms with Gasteiger partial charge in [-0.3, -0.25) is 0 Å². The van der Waals surface area contributed by atoms with Crippen LogP contribution in [0, 0.1) is 5.82 Å². The second kappa shape index (κ2) is 7.57. The third-order valence-corrected chi connectivity index (χ3v) is 4.04. The molecule has 21 heavy (non-hydrogen) atoms. The normalized spacial score (nSPS) is 11.7. The first-order chi connectivity index (χ1) is 10.2. The molecule has 1 aromatic carbocycles. The van der Waals surface area contributed by atoms with Gasteiger partial charge in [0.15, 0.2) is 0 Å². The monoisotopic (exact) mass is 291 g/mol. The minimum Gasteiger partial charge on any atom is -0.346 e. The number of benzene rings is 1. The lowest BCUT2D eigenvalue weighted by Gasteiger charge is -2.18.